The van der Waals surface area contributed by atoms with Gasteiger partial charge in [-0.1, -0.05) is 19.9 Å². The number of fused-ring (bicyclic) bond motifs is 1. The van der Waals surface area contributed by atoms with Gasteiger partial charge < -0.3 is 25.2 Å². The Morgan fingerprint density at radius 1 is 1.17 bits per heavy atom. The highest BCUT2D eigenvalue weighted by Crippen LogP contribution is 2.32. The number of aliphatic hydroxyl groups excluding tert-OH is 1. The van der Waals surface area contributed by atoms with Gasteiger partial charge in [-0.3, -0.25) is 4.98 Å². The molecule has 0 bridgehead atoms. The number of hydrogen-bond donors (Lipinski definition) is 3. The summed E-state index contributed by atoms with van der Waals surface area (Å²) < 4.78 is 25.9. The second kappa shape index (κ2) is 11.1. The number of nitrogens with one attached hydrogen (secondary N) is 2. The molecular formula is C27H34FN5O3. The van der Waals surface area contributed by atoms with E-state index in [0.29, 0.717) is 25.1 Å². The Morgan fingerprint density at radius 2 is 2.06 bits per heavy atom. The van der Waals surface area contributed by atoms with Crippen LogP contribution in [0.2, 0.25) is 0 Å². The average Bonchev–Trinajstić information content (AvgIpc) is 3.39. The molecule has 2 aromatic heterocycles. The zero-order chi connectivity index (χ0) is 25.1. The number of ether oxygens (including phenoxy) is 2. The average molecular weight is 496 g/mol. The van der Waals surface area contributed by atoms with E-state index in [1.54, 1.807) is 0 Å². The minimum atomic E-state index is -0.663. The first-order valence-corrected chi connectivity index (χ1v) is 12.8. The molecule has 2 fully saturated rings. The van der Waals surface area contributed by atoms with E-state index in [1.165, 1.54) is 11.8 Å². The largest absolute Gasteiger partial charge is 0.389 e. The molecule has 5 rings (SSSR count). The van der Waals surface area contributed by atoms with Gasteiger partial charge in [0, 0.05) is 43.4 Å². The smallest absolute Gasteiger partial charge is 0.223 e. The summed E-state index contributed by atoms with van der Waals surface area (Å²) >= 11 is 0. The molecule has 4 heterocycles. The molecule has 0 amide bonds. The van der Waals surface area contributed by atoms with E-state index in [4.69, 9.17) is 9.47 Å². The molecule has 3 atom stereocenters. The monoisotopic (exact) mass is 495 g/mol. The fourth-order valence-electron chi connectivity index (χ4n) is 5.09. The van der Waals surface area contributed by atoms with Crippen molar-refractivity contribution in [3.8, 4) is 11.3 Å². The molecule has 0 aliphatic carbocycles. The van der Waals surface area contributed by atoms with Crippen LogP contribution in [0.25, 0.3) is 22.2 Å². The van der Waals surface area contributed by atoms with Crippen molar-refractivity contribution in [1.29, 1.82) is 0 Å². The number of halogens is 1. The minimum absolute atomic E-state index is 0.215. The summed E-state index contributed by atoms with van der Waals surface area (Å²) in [5, 5.41) is 17.8. The summed E-state index contributed by atoms with van der Waals surface area (Å²) in [6.45, 7) is 7.49. The van der Waals surface area contributed by atoms with Gasteiger partial charge in [-0.2, -0.15) is 0 Å². The van der Waals surface area contributed by atoms with Gasteiger partial charge in [0.15, 0.2) is 5.82 Å². The summed E-state index contributed by atoms with van der Waals surface area (Å²) in [5.74, 6) is 0.0420. The van der Waals surface area contributed by atoms with Crippen LogP contribution in [-0.4, -0.2) is 64.7 Å². The second-order valence-corrected chi connectivity index (χ2v) is 9.92. The van der Waals surface area contributed by atoms with Crippen LogP contribution in [0.1, 0.15) is 50.2 Å². The lowest BCUT2D eigenvalue weighted by molar-refractivity contribution is -0.0136. The van der Waals surface area contributed by atoms with Gasteiger partial charge in [0.2, 0.25) is 5.95 Å². The predicted octanol–water partition coefficient (Wildman–Crippen LogP) is 3.78. The number of benzene rings is 1. The van der Waals surface area contributed by atoms with Crippen molar-refractivity contribution in [3.05, 3.63) is 47.5 Å². The maximum absolute atomic E-state index is 14.9. The van der Waals surface area contributed by atoms with Crippen molar-refractivity contribution in [2.75, 3.05) is 31.7 Å². The zero-order valence-electron chi connectivity index (χ0n) is 20.8. The van der Waals surface area contributed by atoms with Crippen LogP contribution in [0.3, 0.4) is 0 Å². The second-order valence-electron chi connectivity index (χ2n) is 9.92. The summed E-state index contributed by atoms with van der Waals surface area (Å²) in [7, 11) is 0. The molecule has 2 saturated heterocycles. The van der Waals surface area contributed by atoms with E-state index < -0.39 is 11.9 Å². The maximum Gasteiger partial charge on any atom is 0.223 e. The number of rotatable bonds is 8. The third-order valence-corrected chi connectivity index (χ3v) is 6.94. The lowest BCUT2D eigenvalue weighted by atomic mass is 9.92. The van der Waals surface area contributed by atoms with Crippen LogP contribution in [-0.2, 0) is 16.0 Å². The molecule has 2 aliphatic rings. The van der Waals surface area contributed by atoms with Crippen LogP contribution < -0.4 is 10.6 Å². The number of aliphatic hydroxyl groups is 1. The van der Waals surface area contributed by atoms with Gasteiger partial charge in [0.1, 0.15) is 5.69 Å². The van der Waals surface area contributed by atoms with Crippen LogP contribution in [0, 0.1) is 5.82 Å². The number of hydrogen-bond acceptors (Lipinski definition) is 8. The van der Waals surface area contributed by atoms with Gasteiger partial charge >= 0.3 is 0 Å². The van der Waals surface area contributed by atoms with Crippen molar-refractivity contribution in [2.45, 2.75) is 63.8 Å². The Labute approximate surface area is 210 Å². The fourth-order valence-corrected chi connectivity index (χ4v) is 5.09. The Kier molecular flexibility index (Phi) is 7.71. The quantitative estimate of drug-likeness (QED) is 0.434. The third kappa shape index (κ3) is 5.49. The molecule has 0 unspecified atom stereocenters. The molecule has 1 aromatic carbocycles. The molecule has 0 saturated carbocycles. The fraction of sp³-hybridized carbons (Fsp3) is 0.519. The summed E-state index contributed by atoms with van der Waals surface area (Å²) in [5.41, 5.74) is 4.06. The van der Waals surface area contributed by atoms with Crippen molar-refractivity contribution in [1.82, 2.24) is 20.3 Å². The SMILES string of the molecule is CC(C)c1c(CNC[C@H]2CCCO2)cnc2ccc(-c3nc(N[C@@H]4CCOC[C@H]4O)ncc3F)cc12. The first-order chi connectivity index (χ1) is 17.5. The van der Waals surface area contributed by atoms with E-state index in [-0.39, 0.29) is 36.3 Å². The Hall–Kier alpha value is -2.72. The summed E-state index contributed by atoms with van der Waals surface area (Å²) in [6.07, 6.45) is 5.57. The molecule has 9 heteroatoms. The number of nitrogens with zero attached hydrogens (tertiary/aromatic N) is 3. The highest BCUT2D eigenvalue weighted by Gasteiger charge is 2.25. The van der Waals surface area contributed by atoms with Gasteiger partial charge in [-0.25, -0.2) is 14.4 Å². The minimum Gasteiger partial charge on any atom is -0.389 e. The zero-order valence-corrected chi connectivity index (χ0v) is 20.8. The van der Waals surface area contributed by atoms with Crippen LogP contribution in [0.5, 0.6) is 0 Å². The van der Waals surface area contributed by atoms with Gasteiger partial charge in [0.05, 0.1) is 36.6 Å². The van der Waals surface area contributed by atoms with Gasteiger partial charge in [-0.15, -0.1) is 0 Å². The molecule has 3 N–H and O–H groups in total. The molecule has 36 heavy (non-hydrogen) atoms. The Balaban J connectivity index is 1.43. The predicted molar refractivity (Wildman–Crippen MR) is 136 cm³/mol. The molecule has 2 aliphatic heterocycles. The first kappa shape index (κ1) is 25.0. The number of pyridine rings is 1. The van der Waals surface area contributed by atoms with Crippen LogP contribution in [0.4, 0.5) is 10.3 Å². The molecule has 192 valence electrons. The van der Waals surface area contributed by atoms with E-state index >= 15 is 0 Å². The number of aromatic nitrogens is 3. The maximum atomic E-state index is 14.9. The van der Waals surface area contributed by atoms with Crippen molar-refractivity contribution in [3.63, 3.8) is 0 Å². The van der Waals surface area contributed by atoms with Crippen LogP contribution >= 0.6 is 0 Å². The normalized spacial score (nSPS) is 22.4. The molecule has 0 spiro atoms. The Bertz CT molecular complexity index is 1200. The van der Waals surface area contributed by atoms with E-state index in [1.807, 2.05) is 24.4 Å². The topological polar surface area (TPSA) is 101 Å². The highest BCUT2D eigenvalue weighted by molar-refractivity contribution is 5.88. The number of anilines is 1. The third-order valence-electron chi connectivity index (χ3n) is 6.94. The van der Waals surface area contributed by atoms with E-state index in [9.17, 15) is 9.50 Å². The van der Waals surface area contributed by atoms with Crippen molar-refractivity contribution >= 4 is 16.9 Å². The highest BCUT2D eigenvalue weighted by atomic mass is 19.1. The molecular weight excluding hydrogens is 461 g/mol. The lowest BCUT2D eigenvalue weighted by Crippen LogP contribution is -2.42. The standard InChI is InChI=1S/C27H34FN5O3/c1-16(2)25-18(11-29-13-19-4-3-8-36-19)12-30-22-6-5-17(10-20(22)25)26-21(28)14-31-27(33-26)32-23-7-9-35-15-24(23)34/h5-6,10,12,14,16,19,23-24,29,34H,3-4,7-9,11,13,15H2,1-2H3,(H,31,32,33)/t19-,23-,24-/m1/s1. The lowest BCUT2D eigenvalue weighted by Gasteiger charge is -2.28. The van der Waals surface area contributed by atoms with Crippen LogP contribution in [0.15, 0.2) is 30.6 Å². The molecule has 8 nitrogen and oxygen atoms in total. The summed E-state index contributed by atoms with van der Waals surface area (Å²) in [4.78, 5) is 13.3. The van der Waals surface area contributed by atoms with Crippen molar-refractivity contribution in [2.24, 2.45) is 0 Å². The first-order valence-electron chi connectivity index (χ1n) is 12.8. The molecule has 0 radical (unpaired) electrons. The van der Waals surface area contributed by atoms with E-state index in [0.717, 1.165) is 42.5 Å². The van der Waals surface area contributed by atoms with Crippen molar-refractivity contribution < 1.29 is 19.0 Å². The Morgan fingerprint density at radius 3 is 2.83 bits per heavy atom. The summed E-state index contributed by atoms with van der Waals surface area (Å²) in [6, 6.07) is 5.49. The molecule has 3 aromatic rings. The van der Waals surface area contributed by atoms with Gasteiger partial charge in [-0.05, 0) is 48.4 Å². The van der Waals surface area contributed by atoms with E-state index in [2.05, 4.69) is 39.4 Å². The van der Waals surface area contributed by atoms with Gasteiger partial charge in [0.25, 0.3) is 0 Å².